The summed E-state index contributed by atoms with van der Waals surface area (Å²) in [5.41, 5.74) is 2.14. The third-order valence-corrected chi connectivity index (χ3v) is 6.26. The van der Waals surface area contributed by atoms with Gasteiger partial charge >= 0.3 is 0 Å². The third kappa shape index (κ3) is 4.05. The highest BCUT2D eigenvalue weighted by Crippen LogP contribution is 2.30. The zero-order valence-electron chi connectivity index (χ0n) is 18.8. The Kier molecular flexibility index (Phi) is 6.37. The van der Waals surface area contributed by atoms with Crippen LogP contribution in [-0.4, -0.2) is 51.8 Å². The largest absolute Gasteiger partial charge is 0.336 e. The predicted molar refractivity (Wildman–Crippen MR) is 123 cm³/mol. The first-order valence-corrected chi connectivity index (χ1v) is 11.2. The number of fused-ring (bicyclic) bond motifs is 1. The number of nitrogens with zero attached hydrogens (tertiary/aromatic N) is 3. The topological polar surface area (TPSA) is 67.2 Å². The average Bonchev–Trinajstić information content (AvgIpc) is 3.19. The number of halogens is 1. The number of rotatable bonds is 6. The van der Waals surface area contributed by atoms with Crippen LogP contribution in [0.1, 0.15) is 54.3 Å². The van der Waals surface area contributed by atoms with Crippen molar-refractivity contribution in [3.05, 3.63) is 59.8 Å². The molecule has 6 nitrogen and oxygen atoms in total. The summed E-state index contributed by atoms with van der Waals surface area (Å²) >= 11 is 0. The fourth-order valence-corrected chi connectivity index (χ4v) is 4.56. The Morgan fingerprint density at radius 1 is 1.22 bits per heavy atom. The number of piperidine rings is 1. The zero-order valence-corrected chi connectivity index (χ0v) is 18.8. The molecule has 0 atom stereocenters. The van der Waals surface area contributed by atoms with E-state index in [2.05, 4.69) is 10.3 Å². The summed E-state index contributed by atoms with van der Waals surface area (Å²) in [4.78, 5) is 32.7. The van der Waals surface area contributed by atoms with Crippen LogP contribution >= 0.6 is 0 Å². The van der Waals surface area contributed by atoms with Gasteiger partial charge in [0.2, 0.25) is 0 Å². The number of Topliss-reactive ketones (excluding diaryl/α,β-unsaturated/α-hetero) is 1. The molecule has 1 aromatic carbocycles. The van der Waals surface area contributed by atoms with Crippen LogP contribution in [0.2, 0.25) is 0 Å². The molecular formula is C25H29FN4O2. The average molecular weight is 437 g/mol. The number of hydrogen-bond donors (Lipinski definition) is 1. The fourth-order valence-electron chi connectivity index (χ4n) is 4.56. The normalized spacial score (nSPS) is 14.8. The minimum atomic E-state index is -0.475. The number of amides is 1. The van der Waals surface area contributed by atoms with Crippen LogP contribution in [-0.2, 0) is 0 Å². The molecule has 1 aliphatic heterocycles. The summed E-state index contributed by atoms with van der Waals surface area (Å²) in [7, 11) is 0. The lowest BCUT2D eigenvalue weighted by Crippen LogP contribution is -2.37. The highest BCUT2D eigenvalue weighted by molar-refractivity contribution is 6.10. The molecule has 0 spiro atoms. The lowest BCUT2D eigenvalue weighted by Gasteiger charge is -2.26. The SMILES string of the molecule is CCN(C(=O)c1cc(F)ccc1-n1cc(C(=O)C2CCNCC2)c2ccncc21)C(C)C. The van der Waals surface area contributed by atoms with E-state index in [4.69, 9.17) is 0 Å². The van der Waals surface area contributed by atoms with Gasteiger partial charge in [-0.1, -0.05) is 0 Å². The highest BCUT2D eigenvalue weighted by Gasteiger charge is 2.27. The van der Waals surface area contributed by atoms with E-state index in [0.29, 0.717) is 17.8 Å². The second-order valence-corrected chi connectivity index (χ2v) is 8.54. The number of ketones is 1. The molecule has 3 heterocycles. The van der Waals surface area contributed by atoms with E-state index in [1.165, 1.54) is 12.1 Å². The van der Waals surface area contributed by atoms with Gasteiger partial charge in [0.1, 0.15) is 5.82 Å². The summed E-state index contributed by atoms with van der Waals surface area (Å²) in [6.45, 7) is 7.95. The van der Waals surface area contributed by atoms with E-state index in [-0.39, 0.29) is 29.2 Å². The first-order valence-electron chi connectivity index (χ1n) is 11.2. The number of nitrogens with one attached hydrogen (secondary N) is 1. The van der Waals surface area contributed by atoms with Gasteiger partial charge in [-0.25, -0.2) is 4.39 Å². The maximum Gasteiger partial charge on any atom is 0.256 e. The summed E-state index contributed by atoms with van der Waals surface area (Å²) in [5.74, 6) is -0.644. The molecule has 1 saturated heterocycles. The summed E-state index contributed by atoms with van der Waals surface area (Å²) < 4.78 is 16.0. The molecule has 0 aliphatic carbocycles. The number of carbonyl (C=O) groups is 2. The first-order chi connectivity index (χ1) is 15.4. The van der Waals surface area contributed by atoms with Crippen LogP contribution in [0.4, 0.5) is 4.39 Å². The van der Waals surface area contributed by atoms with Gasteiger partial charge in [0.05, 0.1) is 23.0 Å². The van der Waals surface area contributed by atoms with Gasteiger partial charge in [0.25, 0.3) is 5.91 Å². The fraction of sp³-hybridized carbons (Fsp3) is 0.400. The molecule has 1 amide bonds. The maximum absolute atomic E-state index is 14.2. The summed E-state index contributed by atoms with van der Waals surface area (Å²) in [6.07, 6.45) is 6.74. The second kappa shape index (κ2) is 9.20. The van der Waals surface area contributed by atoms with Crippen LogP contribution < -0.4 is 5.32 Å². The zero-order chi connectivity index (χ0) is 22.8. The van der Waals surface area contributed by atoms with Crippen molar-refractivity contribution in [2.24, 2.45) is 5.92 Å². The van der Waals surface area contributed by atoms with Crippen molar-refractivity contribution < 1.29 is 14.0 Å². The van der Waals surface area contributed by atoms with Gasteiger partial charge < -0.3 is 14.8 Å². The van der Waals surface area contributed by atoms with Crippen LogP contribution in [0.3, 0.4) is 0 Å². The summed E-state index contributed by atoms with van der Waals surface area (Å²) in [5, 5.41) is 4.09. The van der Waals surface area contributed by atoms with Crippen molar-refractivity contribution in [3.63, 3.8) is 0 Å². The van der Waals surface area contributed by atoms with Crippen molar-refractivity contribution in [2.75, 3.05) is 19.6 Å². The Morgan fingerprint density at radius 3 is 2.66 bits per heavy atom. The number of carbonyl (C=O) groups excluding carboxylic acids is 2. The van der Waals surface area contributed by atoms with Gasteiger partial charge in [0.15, 0.2) is 5.78 Å². The minimum absolute atomic E-state index is 0.0243. The molecule has 0 saturated carbocycles. The van der Waals surface area contributed by atoms with E-state index < -0.39 is 5.82 Å². The quantitative estimate of drug-likeness (QED) is 0.588. The Balaban J connectivity index is 1.86. The Morgan fingerprint density at radius 2 is 1.97 bits per heavy atom. The molecule has 0 bridgehead atoms. The monoisotopic (exact) mass is 436 g/mol. The molecule has 2 aromatic heterocycles. The third-order valence-electron chi connectivity index (χ3n) is 6.26. The molecule has 0 unspecified atom stereocenters. The number of benzene rings is 1. The summed E-state index contributed by atoms with van der Waals surface area (Å²) in [6, 6.07) is 6.02. The number of aromatic nitrogens is 2. The molecule has 1 fully saturated rings. The van der Waals surface area contributed by atoms with E-state index in [1.807, 2.05) is 26.8 Å². The molecule has 168 valence electrons. The molecule has 1 aliphatic rings. The Labute approximate surface area is 187 Å². The standard InChI is InChI=1S/C25H29FN4O2/c1-4-29(16(2)3)25(32)20-13-18(26)5-6-22(20)30-15-21(19-9-12-28-14-23(19)30)24(31)17-7-10-27-11-8-17/h5-6,9,12-17,27H,4,7-8,10-11H2,1-3H3. The van der Waals surface area contributed by atoms with Gasteiger partial charge in [-0.2, -0.15) is 0 Å². The lowest BCUT2D eigenvalue weighted by molar-refractivity contribution is 0.0716. The van der Waals surface area contributed by atoms with E-state index >= 15 is 0 Å². The second-order valence-electron chi connectivity index (χ2n) is 8.54. The van der Waals surface area contributed by atoms with E-state index in [1.54, 1.807) is 34.1 Å². The smallest absolute Gasteiger partial charge is 0.256 e. The van der Waals surface area contributed by atoms with Crippen LogP contribution in [0, 0.1) is 11.7 Å². The number of pyridine rings is 1. The van der Waals surface area contributed by atoms with Gasteiger partial charge in [-0.3, -0.25) is 14.6 Å². The van der Waals surface area contributed by atoms with Crippen LogP contribution in [0.5, 0.6) is 0 Å². The van der Waals surface area contributed by atoms with Crippen molar-refractivity contribution in [3.8, 4) is 5.69 Å². The van der Waals surface area contributed by atoms with Crippen LogP contribution in [0.25, 0.3) is 16.6 Å². The lowest BCUT2D eigenvalue weighted by atomic mass is 9.90. The Bertz CT molecular complexity index is 1150. The molecular weight excluding hydrogens is 407 g/mol. The van der Waals surface area contributed by atoms with Crippen molar-refractivity contribution >= 4 is 22.6 Å². The number of hydrogen-bond acceptors (Lipinski definition) is 4. The molecule has 7 heteroatoms. The van der Waals surface area contributed by atoms with Crippen LogP contribution in [0.15, 0.2) is 42.9 Å². The van der Waals surface area contributed by atoms with E-state index in [9.17, 15) is 14.0 Å². The van der Waals surface area contributed by atoms with E-state index in [0.717, 1.165) is 36.8 Å². The van der Waals surface area contributed by atoms with Gasteiger partial charge in [0, 0.05) is 41.8 Å². The highest BCUT2D eigenvalue weighted by atomic mass is 19.1. The molecule has 32 heavy (non-hydrogen) atoms. The molecule has 0 radical (unpaired) electrons. The van der Waals surface area contributed by atoms with Crippen molar-refractivity contribution in [2.45, 2.75) is 39.7 Å². The maximum atomic E-state index is 14.2. The predicted octanol–water partition coefficient (Wildman–Crippen LogP) is 4.22. The van der Waals surface area contributed by atoms with Crippen molar-refractivity contribution in [1.82, 2.24) is 19.8 Å². The first kappa shape index (κ1) is 22.1. The van der Waals surface area contributed by atoms with Gasteiger partial charge in [-0.05, 0) is 71.0 Å². The van der Waals surface area contributed by atoms with Gasteiger partial charge in [-0.15, -0.1) is 0 Å². The molecule has 4 rings (SSSR count). The van der Waals surface area contributed by atoms with Crippen molar-refractivity contribution in [1.29, 1.82) is 0 Å². The Hall–Kier alpha value is -3.06. The molecule has 1 N–H and O–H groups in total. The molecule has 3 aromatic rings. The minimum Gasteiger partial charge on any atom is -0.336 e.